The van der Waals surface area contributed by atoms with E-state index in [1.54, 1.807) is 6.20 Å². The molecule has 5 rings (SSSR count). The molecule has 5 heterocycles. The maximum atomic E-state index is 12.1. The molecule has 2 saturated heterocycles. The van der Waals surface area contributed by atoms with Crippen molar-refractivity contribution in [3.63, 3.8) is 0 Å². The minimum absolute atomic E-state index is 0.214. The van der Waals surface area contributed by atoms with E-state index in [1.165, 1.54) is 7.11 Å². The summed E-state index contributed by atoms with van der Waals surface area (Å²) in [5, 5.41) is 15.0. The predicted molar refractivity (Wildman–Crippen MR) is 114 cm³/mol. The van der Waals surface area contributed by atoms with E-state index in [0.29, 0.717) is 11.6 Å². The molecule has 0 aromatic carbocycles. The van der Waals surface area contributed by atoms with Crippen LogP contribution in [-0.2, 0) is 4.74 Å². The molecule has 30 heavy (non-hydrogen) atoms. The highest BCUT2D eigenvalue weighted by atomic mass is 16.5. The van der Waals surface area contributed by atoms with Crippen LogP contribution in [0.3, 0.4) is 0 Å². The second-order valence-electron chi connectivity index (χ2n) is 8.06. The first-order chi connectivity index (χ1) is 14.6. The van der Waals surface area contributed by atoms with Crippen molar-refractivity contribution in [1.82, 2.24) is 25.1 Å². The third-order valence-corrected chi connectivity index (χ3v) is 6.02. The van der Waals surface area contributed by atoms with Crippen LogP contribution in [0.1, 0.15) is 31.4 Å². The normalized spacial score (nSPS) is 22.9. The van der Waals surface area contributed by atoms with Crippen LogP contribution in [-0.4, -0.2) is 56.4 Å². The van der Waals surface area contributed by atoms with Crippen LogP contribution in [0.2, 0.25) is 0 Å². The highest BCUT2D eigenvalue weighted by Gasteiger charge is 2.44. The number of fused-ring (bicyclic) bond motifs is 3. The van der Waals surface area contributed by atoms with Gasteiger partial charge in [-0.2, -0.15) is 5.10 Å². The molecule has 2 aliphatic heterocycles. The minimum Gasteiger partial charge on any atom is -0.453 e. The van der Waals surface area contributed by atoms with Gasteiger partial charge in [-0.05, 0) is 44.7 Å². The van der Waals surface area contributed by atoms with Crippen molar-refractivity contribution in [2.75, 3.05) is 17.7 Å². The highest BCUT2D eigenvalue weighted by Crippen LogP contribution is 2.38. The Morgan fingerprint density at radius 2 is 2.03 bits per heavy atom. The average molecular weight is 407 g/mol. The van der Waals surface area contributed by atoms with Crippen molar-refractivity contribution in [1.29, 1.82) is 0 Å². The van der Waals surface area contributed by atoms with E-state index in [2.05, 4.69) is 25.8 Å². The van der Waals surface area contributed by atoms with Crippen LogP contribution in [0.25, 0.3) is 10.9 Å². The quantitative estimate of drug-likeness (QED) is 0.607. The summed E-state index contributed by atoms with van der Waals surface area (Å²) < 4.78 is 4.98. The SMILES string of the molecule is COC(=O)N1[C@@H]2CC[C@H]1CC(Nc1nc(Nc3cc(C)[nH]n3)cc3ncccc13)C2. The largest absolute Gasteiger partial charge is 0.453 e. The van der Waals surface area contributed by atoms with Crippen LogP contribution >= 0.6 is 0 Å². The minimum atomic E-state index is -0.214. The van der Waals surface area contributed by atoms with E-state index < -0.39 is 0 Å². The first-order valence-corrected chi connectivity index (χ1v) is 10.3. The number of ether oxygens (including phenoxy) is 1. The van der Waals surface area contributed by atoms with E-state index in [9.17, 15) is 4.79 Å². The second-order valence-corrected chi connectivity index (χ2v) is 8.06. The maximum absolute atomic E-state index is 12.1. The summed E-state index contributed by atoms with van der Waals surface area (Å²) in [6, 6.07) is 8.47. The number of rotatable bonds is 4. The van der Waals surface area contributed by atoms with Gasteiger partial charge in [0.2, 0.25) is 0 Å². The van der Waals surface area contributed by atoms with Crippen LogP contribution in [0.15, 0.2) is 30.5 Å². The third-order valence-electron chi connectivity index (χ3n) is 6.02. The topological polar surface area (TPSA) is 108 Å². The van der Waals surface area contributed by atoms with E-state index >= 15 is 0 Å². The first kappa shape index (κ1) is 18.7. The van der Waals surface area contributed by atoms with E-state index in [4.69, 9.17) is 9.72 Å². The van der Waals surface area contributed by atoms with Crippen molar-refractivity contribution in [3.8, 4) is 0 Å². The van der Waals surface area contributed by atoms with Gasteiger partial charge in [0.25, 0.3) is 0 Å². The molecule has 2 aliphatic rings. The Balaban J connectivity index is 1.41. The van der Waals surface area contributed by atoms with Gasteiger partial charge in [-0.15, -0.1) is 0 Å². The number of amides is 1. The van der Waals surface area contributed by atoms with Gasteiger partial charge < -0.3 is 20.3 Å². The number of methoxy groups -OCH3 is 1. The lowest BCUT2D eigenvalue weighted by Gasteiger charge is -2.38. The van der Waals surface area contributed by atoms with E-state index in [-0.39, 0.29) is 24.2 Å². The summed E-state index contributed by atoms with van der Waals surface area (Å²) >= 11 is 0. The predicted octanol–water partition coefficient (Wildman–Crippen LogP) is 3.58. The average Bonchev–Trinajstić information content (AvgIpc) is 3.27. The van der Waals surface area contributed by atoms with Crippen molar-refractivity contribution in [2.45, 2.75) is 50.7 Å². The molecule has 2 fully saturated rings. The third kappa shape index (κ3) is 3.40. The molecule has 0 spiro atoms. The number of H-pyrrole nitrogens is 1. The van der Waals surface area contributed by atoms with Gasteiger partial charge in [0.1, 0.15) is 11.6 Å². The Labute approximate surface area is 174 Å². The van der Waals surface area contributed by atoms with Gasteiger partial charge in [-0.3, -0.25) is 10.1 Å². The number of carbonyl (C=O) groups is 1. The Kier molecular flexibility index (Phi) is 4.65. The lowest BCUT2D eigenvalue weighted by Crippen LogP contribution is -2.49. The van der Waals surface area contributed by atoms with Crippen LogP contribution in [0, 0.1) is 6.92 Å². The van der Waals surface area contributed by atoms with E-state index in [0.717, 1.165) is 48.1 Å². The molecule has 3 aromatic rings. The molecule has 3 atom stereocenters. The van der Waals surface area contributed by atoms with Gasteiger partial charge in [0.15, 0.2) is 5.82 Å². The van der Waals surface area contributed by atoms with Crippen LogP contribution in [0.4, 0.5) is 22.2 Å². The molecule has 9 heteroatoms. The number of piperidine rings is 1. The number of nitrogens with zero attached hydrogens (tertiary/aromatic N) is 4. The van der Waals surface area contributed by atoms with Crippen molar-refractivity contribution >= 4 is 34.4 Å². The van der Waals surface area contributed by atoms with Gasteiger partial charge in [-0.25, -0.2) is 9.78 Å². The molecule has 3 N–H and O–H groups in total. The van der Waals surface area contributed by atoms with Crippen LogP contribution in [0.5, 0.6) is 0 Å². The van der Waals surface area contributed by atoms with Gasteiger partial charge in [0.05, 0.1) is 12.6 Å². The molecule has 0 saturated carbocycles. The number of hydrogen-bond acceptors (Lipinski definition) is 7. The number of anilines is 3. The summed E-state index contributed by atoms with van der Waals surface area (Å²) in [6.07, 6.45) is 5.37. The van der Waals surface area contributed by atoms with Crippen molar-refractivity contribution in [3.05, 3.63) is 36.2 Å². The maximum Gasteiger partial charge on any atom is 0.409 e. The molecule has 156 valence electrons. The summed E-state index contributed by atoms with van der Waals surface area (Å²) in [5.74, 6) is 2.20. The number of carbonyl (C=O) groups excluding carboxylic acids is 1. The summed E-state index contributed by atoms with van der Waals surface area (Å²) in [7, 11) is 1.45. The number of aromatic nitrogens is 4. The lowest BCUT2D eigenvalue weighted by molar-refractivity contribution is 0.0832. The molecule has 0 radical (unpaired) electrons. The Morgan fingerprint density at radius 1 is 1.23 bits per heavy atom. The zero-order valence-electron chi connectivity index (χ0n) is 17.1. The fourth-order valence-electron chi connectivity index (χ4n) is 4.75. The number of aryl methyl sites for hydroxylation is 1. The molecule has 1 amide bonds. The van der Waals surface area contributed by atoms with Gasteiger partial charge in [-0.1, -0.05) is 0 Å². The van der Waals surface area contributed by atoms with Gasteiger partial charge >= 0.3 is 6.09 Å². The highest BCUT2D eigenvalue weighted by molar-refractivity contribution is 5.91. The second kappa shape index (κ2) is 7.47. The zero-order valence-corrected chi connectivity index (χ0v) is 17.1. The fraction of sp³-hybridized carbons (Fsp3) is 0.429. The molecule has 0 aliphatic carbocycles. The summed E-state index contributed by atoms with van der Waals surface area (Å²) in [6.45, 7) is 1.95. The van der Waals surface area contributed by atoms with E-state index in [1.807, 2.05) is 36.1 Å². The molecular formula is C21H25N7O2. The molecule has 9 nitrogen and oxygen atoms in total. The first-order valence-electron chi connectivity index (χ1n) is 10.3. The zero-order chi connectivity index (χ0) is 20.7. The lowest BCUT2D eigenvalue weighted by atomic mass is 9.97. The monoisotopic (exact) mass is 407 g/mol. The molecule has 1 unspecified atom stereocenters. The number of aromatic amines is 1. The van der Waals surface area contributed by atoms with Gasteiger partial charge in [0, 0.05) is 47.5 Å². The van der Waals surface area contributed by atoms with Crippen molar-refractivity contribution in [2.24, 2.45) is 0 Å². The fourth-order valence-corrected chi connectivity index (χ4v) is 4.75. The Hall–Kier alpha value is -3.36. The summed E-state index contributed by atoms with van der Waals surface area (Å²) in [4.78, 5) is 23.4. The molecule has 3 aromatic heterocycles. The Bertz CT molecular complexity index is 1070. The number of nitrogens with one attached hydrogen (secondary N) is 3. The number of hydrogen-bond donors (Lipinski definition) is 3. The molecule has 2 bridgehead atoms. The van der Waals surface area contributed by atoms with Crippen molar-refractivity contribution < 1.29 is 9.53 Å². The standard InChI is InChI=1S/C21H25N7O2/c1-12-8-19(27-26-12)24-18-11-17-16(4-3-7-22-17)20(25-18)23-13-9-14-5-6-15(10-13)28(14)21(29)30-2/h3-4,7-8,11,13-15H,5-6,9-10H2,1-2H3,(H3,23,24,25,26,27)/t13?,14-,15+. The smallest absolute Gasteiger partial charge is 0.409 e. The summed E-state index contributed by atoms with van der Waals surface area (Å²) in [5.41, 5.74) is 1.84. The van der Waals surface area contributed by atoms with Crippen LogP contribution < -0.4 is 10.6 Å². The molecular weight excluding hydrogens is 382 g/mol. The Morgan fingerprint density at radius 3 is 2.73 bits per heavy atom. The number of pyridine rings is 2.